The van der Waals surface area contributed by atoms with Gasteiger partial charge in [0.15, 0.2) is 0 Å². The van der Waals surface area contributed by atoms with E-state index in [-0.39, 0.29) is 18.6 Å². The summed E-state index contributed by atoms with van der Waals surface area (Å²) >= 11 is 0. The lowest BCUT2D eigenvalue weighted by Gasteiger charge is -2.39. The van der Waals surface area contributed by atoms with E-state index in [9.17, 15) is 20.1 Å². The third-order valence-corrected chi connectivity index (χ3v) is 2.77. The Morgan fingerprint density at radius 1 is 1.16 bits per heavy atom. The molecule has 1 fully saturated rings. The zero-order valence-corrected chi connectivity index (χ0v) is 10.2. The smallest absolute Gasteiger partial charge is 0.335 e. The van der Waals surface area contributed by atoms with E-state index in [4.69, 9.17) is 19.7 Å². The molecule has 0 amide bonds. The molecule has 1 aliphatic heterocycles. The largest absolute Gasteiger partial charge is 0.429 e. The molecule has 0 aromatic heterocycles. The number of aliphatic hydroxyl groups is 5. The Bertz CT molecular complexity index is 329. The third-order valence-electron chi connectivity index (χ3n) is 2.77. The highest BCUT2D eigenvalue weighted by molar-refractivity contribution is 5.87. The van der Waals surface area contributed by atoms with Gasteiger partial charge in [-0.2, -0.15) is 0 Å². The van der Waals surface area contributed by atoms with E-state index in [1.165, 1.54) is 0 Å². The summed E-state index contributed by atoms with van der Waals surface area (Å²) in [5, 5.41) is 46.2. The molecule has 1 heterocycles. The minimum Gasteiger partial charge on any atom is -0.429 e. The van der Waals surface area contributed by atoms with Crippen LogP contribution in [0.5, 0.6) is 0 Å². The Balaban J connectivity index is 2.66. The number of hydrogen-bond donors (Lipinski definition) is 5. The van der Waals surface area contributed by atoms with Gasteiger partial charge in [-0.15, -0.1) is 0 Å². The predicted octanol–water partition coefficient (Wildman–Crippen LogP) is -2.73. The predicted molar refractivity (Wildman–Crippen MR) is 60.7 cm³/mol. The summed E-state index contributed by atoms with van der Waals surface area (Å²) in [6.07, 6.45) is -7.47. The minimum atomic E-state index is -1.65. The van der Waals surface area contributed by atoms with Gasteiger partial charge < -0.3 is 35.0 Å². The number of rotatable bonds is 5. The molecular weight excluding hydrogens is 260 g/mol. The molecular formula is C11H18O8. The van der Waals surface area contributed by atoms with Crippen LogP contribution in [-0.2, 0) is 14.3 Å². The van der Waals surface area contributed by atoms with E-state index in [1.54, 1.807) is 0 Å². The van der Waals surface area contributed by atoms with Crippen LogP contribution in [0.1, 0.15) is 6.42 Å². The average Bonchev–Trinajstić information content (AvgIpc) is 2.39. The van der Waals surface area contributed by atoms with Gasteiger partial charge in [0.1, 0.15) is 24.4 Å². The van der Waals surface area contributed by atoms with Crippen molar-refractivity contribution >= 4 is 5.97 Å². The maximum atomic E-state index is 11.5. The fourth-order valence-electron chi connectivity index (χ4n) is 1.59. The summed E-state index contributed by atoms with van der Waals surface area (Å²) in [5.41, 5.74) is -0.0283. The van der Waals surface area contributed by atoms with E-state index in [1.807, 2.05) is 0 Å². The van der Waals surface area contributed by atoms with Crippen molar-refractivity contribution in [2.75, 3.05) is 13.2 Å². The van der Waals surface area contributed by atoms with E-state index in [0.717, 1.165) is 0 Å². The van der Waals surface area contributed by atoms with Gasteiger partial charge >= 0.3 is 5.97 Å². The van der Waals surface area contributed by atoms with E-state index in [2.05, 4.69) is 6.58 Å². The van der Waals surface area contributed by atoms with E-state index < -0.39 is 43.3 Å². The number of ether oxygens (including phenoxy) is 2. The number of esters is 1. The summed E-state index contributed by atoms with van der Waals surface area (Å²) in [7, 11) is 0. The van der Waals surface area contributed by atoms with Crippen LogP contribution < -0.4 is 0 Å². The Kier molecular flexibility index (Phi) is 5.85. The summed E-state index contributed by atoms with van der Waals surface area (Å²) in [6, 6.07) is 0. The SMILES string of the molecule is C=C(CCO)C(=O)O[C@@H]1O[C@@H](CO)[C@@H](O)[C@H](O)[C@H]1O. The molecule has 0 aromatic carbocycles. The second-order valence-corrected chi connectivity index (χ2v) is 4.18. The van der Waals surface area contributed by atoms with E-state index >= 15 is 0 Å². The highest BCUT2D eigenvalue weighted by Gasteiger charge is 2.45. The first-order valence-electron chi connectivity index (χ1n) is 5.72. The van der Waals surface area contributed by atoms with Crippen molar-refractivity contribution in [3.63, 3.8) is 0 Å². The Labute approximate surface area is 109 Å². The normalized spacial score (nSPS) is 34.9. The van der Waals surface area contributed by atoms with Crippen molar-refractivity contribution in [1.82, 2.24) is 0 Å². The monoisotopic (exact) mass is 278 g/mol. The molecule has 0 unspecified atom stereocenters. The zero-order valence-electron chi connectivity index (χ0n) is 10.2. The fraction of sp³-hybridized carbons (Fsp3) is 0.727. The number of carbonyl (C=O) groups is 1. The maximum absolute atomic E-state index is 11.5. The molecule has 19 heavy (non-hydrogen) atoms. The van der Waals surface area contributed by atoms with E-state index in [0.29, 0.717) is 0 Å². The van der Waals surface area contributed by atoms with Crippen LogP contribution in [-0.4, -0.2) is 75.4 Å². The molecule has 0 aliphatic carbocycles. The first kappa shape index (κ1) is 16.0. The lowest BCUT2D eigenvalue weighted by molar-refractivity contribution is -0.291. The highest BCUT2D eigenvalue weighted by Crippen LogP contribution is 2.22. The molecule has 1 saturated heterocycles. The third kappa shape index (κ3) is 3.72. The Hall–Kier alpha value is -1.03. The molecule has 110 valence electrons. The Morgan fingerprint density at radius 2 is 1.79 bits per heavy atom. The Morgan fingerprint density at radius 3 is 2.32 bits per heavy atom. The molecule has 8 heteroatoms. The zero-order chi connectivity index (χ0) is 14.6. The van der Waals surface area contributed by atoms with Crippen LogP contribution in [0.3, 0.4) is 0 Å². The standard InChI is InChI=1S/C11H18O8/c1-5(2-3-12)10(17)19-11-9(16)8(15)7(14)6(4-13)18-11/h6-9,11-16H,1-4H2/t6-,7+,8-,9+,11-/m0/s1. The molecule has 0 saturated carbocycles. The quantitative estimate of drug-likeness (QED) is 0.270. The number of carbonyl (C=O) groups excluding carboxylic acids is 1. The first-order chi connectivity index (χ1) is 8.92. The van der Waals surface area contributed by atoms with Crippen LogP contribution in [0, 0.1) is 0 Å². The topological polar surface area (TPSA) is 137 Å². The van der Waals surface area contributed by atoms with Crippen LogP contribution in [0.25, 0.3) is 0 Å². The van der Waals surface area contributed by atoms with Gasteiger partial charge in [-0.1, -0.05) is 6.58 Å². The highest BCUT2D eigenvalue weighted by atomic mass is 16.7. The van der Waals surface area contributed by atoms with Crippen LogP contribution in [0.15, 0.2) is 12.2 Å². The van der Waals surface area contributed by atoms with Gasteiger partial charge in [0.05, 0.1) is 6.61 Å². The van der Waals surface area contributed by atoms with Gasteiger partial charge in [-0.3, -0.25) is 0 Å². The fourth-order valence-corrected chi connectivity index (χ4v) is 1.59. The summed E-state index contributed by atoms with van der Waals surface area (Å²) in [6.45, 7) is 2.47. The maximum Gasteiger partial charge on any atom is 0.335 e. The van der Waals surface area contributed by atoms with Gasteiger partial charge in [0, 0.05) is 18.6 Å². The van der Waals surface area contributed by atoms with Crippen LogP contribution in [0.4, 0.5) is 0 Å². The number of hydrogen-bond acceptors (Lipinski definition) is 8. The lowest BCUT2D eigenvalue weighted by Crippen LogP contribution is -2.59. The molecule has 5 atom stereocenters. The molecule has 0 radical (unpaired) electrons. The van der Waals surface area contributed by atoms with Gasteiger partial charge in [-0.25, -0.2) is 4.79 Å². The molecule has 0 bridgehead atoms. The van der Waals surface area contributed by atoms with Crippen molar-refractivity contribution in [3.8, 4) is 0 Å². The molecule has 8 nitrogen and oxygen atoms in total. The minimum absolute atomic E-state index is 0.00371. The second-order valence-electron chi connectivity index (χ2n) is 4.18. The molecule has 0 spiro atoms. The van der Waals surface area contributed by atoms with Crippen LogP contribution >= 0.6 is 0 Å². The van der Waals surface area contributed by atoms with Crippen molar-refractivity contribution in [2.24, 2.45) is 0 Å². The van der Waals surface area contributed by atoms with Crippen molar-refractivity contribution in [1.29, 1.82) is 0 Å². The van der Waals surface area contributed by atoms with Crippen LogP contribution in [0.2, 0.25) is 0 Å². The van der Waals surface area contributed by atoms with Gasteiger partial charge in [0.25, 0.3) is 0 Å². The molecule has 0 aromatic rings. The summed E-state index contributed by atoms with van der Waals surface area (Å²) in [5.74, 6) is -0.904. The second kappa shape index (κ2) is 6.94. The average molecular weight is 278 g/mol. The lowest BCUT2D eigenvalue weighted by atomic mass is 9.99. The summed E-state index contributed by atoms with van der Waals surface area (Å²) < 4.78 is 9.74. The van der Waals surface area contributed by atoms with Gasteiger partial charge in [-0.05, 0) is 0 Å². The number of aliphatic hydroxyl groups excluding tert-OH is 5. The summed E-state index contributed by atoms with van der Waals surface area (Å²) in [4.78, 5) is 11.5. The molecule has 5 N–H and O–H groups in total. The molecule has 1 rings (SSSR count). The first-order valence-corrected chi connectivity index (χ1v) is 5.72. The molecule has 1 aliphatic rings. The van der Waals surface area contributed by atoms with Crippen molar-refractivity contribution in [3.05, 3.63) is 12.2 Å². The van der Waals surface area contributed by atoms with Crippen molar-refractivity contribution < 1.29 is 39.8 Å². The van der Waals surface area contributed by atoms with Crippen molar-refractivity contribution in [2.45, 2.75) is 37.1 Å². The van der Waals surface area contributed by atoms with Gasteiger partial charge in [0.2, 0.25) is 6.29 Å².